The van der Waals surface area contributed by atoms with E-state index in [9.17, 15) is 14.4 Å². The maximum atomic E-state index is 12.4. The number of ether oxygens (including phenoxy) is 1. The number of hydrogen-bond acceptors (Lipinski definition) is 4. The maximum absolute atomic E-state index is 12.4. The average Bonchev–Trinajstić information content (AvgIpc) is 2.97. The molecule has 2 N–H and O–H groups in total. The minimum absolute atomic E-state index is 0.121. The van der Waals surface area contributed by atoms with Gasteiger partial charge in [0, 0.05) is 0 Å². The highest BCUT2D eigenvalue weighted by atomic mass is 16.5. The molecule has 0 saturated carbocycles. The van der Waals surface area contributed by atoms with E-state index < -0.39 is 29.7 Å². The first-order chi connectivity index (χ1) is 9.87. The molecule has 0 aromatic heterocycles. The number of amides is 3. The topological polar surface area (TPSA) is 95.9 Å². The third-order valence-corrected chi connectivity index (χ3v) is 4.14. The van der Waals surface area contributed by atoms with Crippen molar-refractivity contribution in [3.05, 3.63) is 0 Å². The molecule has 0 aliphatic carbocycles. The molecule has 118 valence electrons. The zero-order valence-corrected chi connectivity index (χ0v) is 12.4. The number of carbonyl (C=O) groups excluding carboxylic acids is 2. The Bertz CT molecular complexity index is 453. The second-order valence-electron chi connectivity index (χ2n) is 5.94. The Morgan fingerprint density at radius 1 is 1.48 bits per heavy atom. The van der Waals surface area contributed by atoms with Gasteiger partial charge in [0.2, 0.25) is 0 Å². The lowest BCUT2D eigenvalue weighted by Crippen LogP contribution is -2.44. The van der Waals surface area contributed by atoms with Gasteiger partial charge in [-0.3, -0.25) is 9.69 Å². The van der Waals surface area contributed by atoms with Crippen LogP contribution < -0.4 is 5.32 Å². The van der Waals surface area contributed by atoms with Crippen molar-refractivity contribution in [3.8, 4) is 0 Å². The first-order valence-corrected chi connectivity index (χ1v) is 7.39. The van der Waals surface area contributed by atoms with Crippen LogP contribution in [0.1, 0.15) is 46.0 Å². The zero-order valence-electron chi connectivity index (χ0n) is 12.4. The molecule has 7 nitrogen and oxygen atoms in total. The van der Waals surface area contributed by atoms with E-state index >= 15 is 0 Å². The Morgan fingerprint density at radius 3 is 2.76 bits per heavy atom. The molecular weight excluding hydrogens is 276 g/mol. The summed E-state index contributed by atoms with van der Waals surface area (Å²) in [6.45, 7) is 3.88. The quantitative estimate of drug-likeness (QED) is 0.716. The van der Waals surface area contributed by atoms with Crippen molar-refractivity contribution in [2.45, 2.75) is 63.7 Å². The molecule has 3 amide bonds. The summed E-state index contributed by atoms with van der Waals surface area (Å²) in [6.07, 6.45) is 2.14. The van der Waals surface area contributed by atoms with Gasteiger partial charge in [0.1, 0.15) is 5.54 Å². The fourth-order valence-corrected chi connectivity index (χ4v) is 2.84. The summed E-state index contributed by atoms with van der Waals surface area (Å²) >= 11 is 0. The lowest BCUT2D eigenvalue weighted by molar-refractivity contribution is -0.149. The van der Waals surface area contributed by atoms with Crippen molar-refractivity contribution in [1.82, 2.24) is 10.2 Å². The summed E-state index contributed by atoms with van der Waals surface area (Å²) in [5.41, 5.74) is -0.849. The van der Waals surface area contributed by atoms with Crippen LogP contribution in [-0.2, 0) is 14.3 Å². The molecule has 2 heterocycles. The number of urea groups is 1. The van der Waals surface area contributed by atoms with Gasteiger partial charge in [0.15, 0.2) is 6.10 Å². The molecule has 0 radical (unpaired) electrons. The van der Waals surface area contributed by atoms with Gasteiger partial charge in [-0.1, -0.05) is 19.8 Å². The Kier molecular flexibility index (Phi) is 4.51. The fraction of sp³-hybridized carbons (Fsp3) is 0.786. The number of hydrogen-bond donors (Lipinski definition) is 2. The molecule has 2 fully saturated rings. The standard InChI is InChI=1S/C14H22N2O5/c1-3-4-7-14(2)12(19)16(13(20)15-14)8-9-5-6-10(21-9)11(17)18/h9-10H,3-8H2,1-2H3,(H,15,20)(H,17,18). The van der Waals surface area contributed by atoms with Crippen LogP contribution >= 0.6 is 0 Å². The van der Waals surface area contributed by atoms with E-state index in [1.807, 2.05) is 6.92 Å². The van der Waals surface area contributed by atoms with Crippen molar-refractivity contribution >= 4 is 17.9 Å². The molecular formula is C14H22N2O5. The molecule has 2 saturated heterocycles. The fourth-order valence-electron chi connectivity index (χ4n) is 2.84. The molecule has 0 bridgehead atoms. The minimum Gasteiger partial charge on any atom is -0.479 e. The van der Waals surface area contributed by atoms with Crippen molar-refractivity contribution < 1.29 is 24.2 Å². The van der Waals surface area contributed by atoms with Gasteiger partial charge in [-0.05, 0) is 26.2 Å². The van der Waals surface area contributed by atoms with E-state index in [0.717, 1.165) is 17.7 Å². The molecule has 0 aromatic carbocycles. The van der Waals surface area contributed by atoms with Gasteiger partial charge >= 0.3 is 12.0 Å². The van der Waals surface area contributed by atoms with Gasteiger partial charge < -0.3 is 15.2 Å². The Balaban J connectivity index is 1.96. The number of carboxylic acid groups (broad SMARTS) is 1. The van der Waals surface area contributed by atoms with Gasteiger partial charge in [0.05, 0.1) is 12.6 Å². The van der Waals surface area contributed by atoms with E-state index in [1.165, 1.54) is 0 Å². The number of aliphatic carboxylic acids is 1. The highest BCUT2D eigenvalue weighted by Gasteiger charge is 2.48. The van der Waals surface area contributed by atoms with Crippen LogP contribution in [0.5, 0.6) is 0 Å². The Hall–Kier alpha value is -1.63. The van der Waals surface area contributed by atoms with E-state index in [2.05, 4.69) is 5.32 Å². The first kappa shape index (κ1) is 15.8. The SMILES string of the molecule is CCCCC1(C)NC(=O)N(CC2CCC(C(=O)O)O2)C1=O. The second-order valence-corrected chi connectivity index (χ2v) is 5.94. The van der Waals surface area contributed by atoms with E-state index in [4.69, 9.17) is 9.84 Å². The van der Waals surface area contributed by atoms with Gasteiger partial charge in [-0.15, -0.1) is 0 Å². The molecule has 0 aromatic rings. The maximum Gasteiger partial charge on any atom is 0.332 e. The monoisotopic (exact) mass is 298 g/mol. The summed E-state index contributed by atoms with van der Waals surface area (Å²) in [6, 6.07) is -0.416. The van der Waals surface area contributed by atoms with Crippen molar-refractivity contribution in [3.63, 3.8) is 0 Å². The average molecular weight is 298 g/mol. The van der Waals surface area contributed by atoms with Crippen molar-refractivity contribution in [2.24, 2.45) is 0 Å². The lowest BCUT2D eigenvalue weighted by Gasteiger charge is -2.22. The predicted octanol–water partition coefficient (Wildman–Crippen LogP) is 1.12. The second kappa shape index (κ2) is 6.01. The summed E-state index contributed by atoms with van der Waals surface area (Å²) in [5.74, 6) is -1.24. The smallest absolute Gasteiger partial charge is 0.332 e. The van der Waals surface area contributed by atoms with E-state index in [1.54, 1.807) is 6.92 Å². The van der Waals surface area contributed by atoms with Gasteiger partial charge in [-0.25, -0.2) is 9.59 Å². The summed E-state index contributed by atoms with van der Waals surface area (Å²) in [5, 5.41) is 11.6. The molecule has 2 aliphatic rings. The van der Waals surface area contributed by atoms with Crippen LogP contribution in [0.3, 0.4) is 0 Å². The lowest BCUT2D eigenvalue weighted by atomic mass is 9.95. The third kappa shape index (κ3) is 3.18. The first-order valence-electron chi connectivity index (χ1n) is 7.39. The number of carboxylic acids is 1. The zero-order chi connectivity index (χ0) is 15.6. The summed E-state index contributed by atoms with van der Waals surface area (Å²) in [7, 11) is 0. The Morgan fingerprint density at radius 2 is 2.19 bits per heavy atom. The van der Waals surface area contributed by atoms with Gasteiger partial charge in [-0.2, -0.15) is 0 Å². The number of nitrogens with one attached hydrogen (secondary N) is 1. The van der Waals surface area contributed by atoms with Gasteiger partial charge in [0.25, 0.3) is 5.91 Å². The van der Waals surface area contributed by atoms with Crippen LogP contribution in [0.2, 0.25) is 0 Å². The molecule has 2 aliphatic heterocycles. The number of unbranched alkanes of at least 4 members (excludes halogenated alkanes) is 1. The third-order valence-electron chi connectivity index (χ3n) is 4.14. The number of imide groups is 1. The van der Waals surface area contributed by atoms with Crippen molar-refractivity contribution in [1.29, 1.82) is 0 Å². The molecule has 2 rings (SSSR count). The Labute approximate surface area is 123 Å². The molecule has 21 heavy (non-hydrogen) atoms. The van der Waals surface area contributed by atoms with Crippen LogP contribution in [0.4, 0.5) is 4.79 Å². The number of rotatable bonds is 6. The number of nitrogens with zero attached hydrogens (tertiary/aromatic N) is 1. The summed E-state index contributed by atoms with van der Waals surface area (Å²) < 4.78 is 5.36. The van der Waals surface area contributed by atoms with Crippen LogP contribution in [0, 0.1) is 0 Å². The minimum atomic E-state index is -0.998. The highest BCUT2D eigenvalue weighted by molar-refractivity contribution is 6.06. The van der Waals surface area contributed by atoms with Crippen LogP contribution in [0.15, 0.2) is 0 Å². The largest absolute Gasteiger partial charge is 0.479 e. The van der Waals surface area contributed by atoms with E-state index in [0.29, 0.717) is 19.3 Å². The van der Waals surface area contributed by atoms with E-state index in [-0.39, 0.29) is 12.5 Å². The predicted molar refractivity (Wildman–Crippen MR) is 73.7 cm³/mol. The number of carbonyl (C=O) groups is 3. The molecule has 0 spiro atoms. The normalized spacial score (nSPS) is 32.6. The van der Waals surface area contributed by atoms with Crippen LogP contribution in [-0.4, -0.2) is 52.2 Å². The highest BCUT2D eigenvalue weighted by Crippen LogP contribution is 2.26. The van der Waals surface area contributed by atoms with Crippen LogP contribution in [0.25, 0.3) is 0 Å². The molecule has 7 heteroatoms. The summed E-state index contributed by atoms with van der Waals surface area (Å²) in [4.78, 5) is 36.4. The molecule has 3 unspecified atom stereocenters. The molecule has 3 atom stereocenters. The van der Waals surface area contributed by atoms with Crippen molar-refractivity contribution in [2.75, 3.05) is 6.54 Å².